The fourth-order valence-corrected chi connectivity index (χ4v) is 2.83. The number of aliphatic hydroxyl groups is 1. The third kappa shape index (κ3) is 4.61. The summed E-state index contributed by atoms with van der Waals surface area (Å²) in [6.07, 6.45) is 1.00. The van der Waals surface area contributed by atoms with Gasteiger partial charge in [0.05, 0.1) is 28.1 Å². The molecule has 1 saturated heterocycles. The molecule has 1 aliphatic rings. The van der Waals surface area contributed by atoms with Gasteiger partial charge in [0.2, 0.25) is 10.0 Å². The van der Waals surface area contributed by atoms with Crippen LogP contribution in [0.3, 0.4) is 0 Å². The van der Waals surface area contributed by atoms with E-state index in [0.717, 1.165) is 6.07 Å². The minimum absolute atomic E-state index is 0.184. The van der Waals surface area contributed by atoms with Crippen molar-refractivity contribution in [1.29, 1.82) is 0 Å². The van der Waals surface area contributed by atoms with Crippen LogP contribution in [0.5, 0.6) is 0 Å². The van der Waals surface area contributed by atoms with Crippen molar-refractivity contribution in [2.45, 2.75) is 36.4 Å². The summed E-state index contributed by atoms with van der Waals surface area (Å²) in [6, 6.07) is 3.43. The van der Waals surface area contributed by atoms with Gasteiger partial charge < -0.3 is 15.2 Å². The van der Waals surface area contributed by atoms with Crippen LogP contribution in [0, 0.1) is 10.1 Å². The van der Waals surface area contributed by atoms with E-state index >= 15 is 0 Å². The molecule has 1 aromatic rings. The lowest BCUT2D eigenvalue weighted by molar-refractivity contribution is -0.384. The van der Waals surface area contributed by atoms with E-state index in [2.05, 4.69) is 5.32 Å². The first kappa shape index (κ1) is 17.6. The molecule has 23 heavy (non-hydrogen) atoms. The van der Waals surface area contributed by atoms with Crippen LogP contribution >= 0.6 is 0 Å². The smallest absolute Gasteiger partial charge is 0.293 e. The maximum Gasteiger partial charge on any atom is 0.293 e. The van der Waals surface area contributed by atoms with Crippen molar-refractivity contribution < 1.29 is 23.2 Å². The van der Waals surface area contributed by atoms with E-state index in [1.54, 1.807) is 6.92 Å². The number of nitro groups is 1. The van der Waals surface area contributed by atoms with Gasteiger partial charge in [-0.25, -0.2) is 13.6 Å². The fourth-order valence-electron chi connectivity index (χ4n) is 2.30. The lowest BCUT2D eigenvalue weighted by Crippen LogP contribution is -2.41. The number of benzene rings is 1. The molecule has 128 valence electrons. The average molecular weight is 345 g/mol. The Hall–Kier alpha value is -1.75. The molecule has 1 aromatic carbocycles. The molecule has 0 saturated carbocycles. The lowest BCUT2D eigenvalue weighted by atomic mass is 9.96. The molecule has 2 atom stereocenters. The third-order valence-electron chi connectivity index (χ3n) is 3.65. The van der Waals surface area contributed by atoms with E-state index in [4.69, 9.17) is 9.88 Å². The second-order valence-electron chi connectivity index (χ2n) is 5.83. The first-order valence-electron chi connectivity index (χ1n) is 6.98. The molecule has 10 heteroatoms. The molecule has 2 rings (SSSR count). The van der Waals surface area contributed by atoms with Crippen molar-refractivity contribution in [2.24, 2.45) is 5.14 Å². The van der Waals surface area contributed by atoms with Crippen LogP contribution in [0.4, 0.5) is 11.4 Å². The van der Waals surface area contributed by atoms with Crippen molar-refractivity contribution >= 4 is 21.4 Å². The van der Waals surface area contributed by atoms with Crippen molar-refractivity contribution in [3.05, 3.63) is 28.3 Å². The summed E-state index contributed by atoms with van der Waals surface area (Å²) in [5.41, 5.74) is -1.04. The number of nitro benzene ring substituents is 1. The molecular formula is C13H19N3O6S. The predicted molar refractivity (Wildman–Crippen MR) is 82.6 cm³/mol. The highest BCUT2D eigenvalue weighted by Gasteiger charge is 2.29. The second kappa shape index (κ2) is 6.40. The number of nitrogens with zero attached hydrogens (tertiary/aromatic N) is 1. The average Bonchev–Trinajstić information content (AvgIpc) is 2.45. The Balaban J connectivity index is 2.09. The maximum absolute atomic E-state index is 11.3. The Kier molecular flexibility index (Phi) is 4.90. The topological polar surface area (TPSA) is 145 Å². The number of nitrogens with one attached hydrogen (secondary N) is 1. The number of rotatable bonds is 5. The number of sulfonamides is 1. The normalized spacial score (nSPS) is 25.1. The lowest BCUT2D eigenvalue weighted by Gasteiger charge is -2.33. The quantitative estimate of drug-likeness (QED) is 0.523. The van der Waals surface area contributed by atoms with Gasteiger partial charge in [0, 0.05) is 12.6 Å². The number of anilines is 1. The van der Waals surface area contributed by atoms with E-state index in [9.17, 15) is 23.6 Å². The zero-order valence-corrected chi connectivity index (χ0v) is 13.4. The first-order chi connectivity index (χ1) is 10.6. The molecule has 1 heterocycles. The highest BCUT2D eigenvalue weighted by atomic mass is 32.2. The van der Waals surface area contributed by atoms with Crippen molar-refractivity contribution in [3.63, 3.8) is 0 Å². The number of hydrogen-bond acceptors (Lipinski definition) is 7. The Labute approximate surface area is 133 Å². The van der Waals surface area contributed by atoms with Gasteiger partial charge in [-0.05, 0) is 31.9 Å². The van der Waals surface area contributed by atoms with Crippen LogP contribution in [0.25, 0.3) is 0 Å². The summed E-state index contributed by atoms with van der Waals surface area (Å²) in [7, 11) is -4.01. The molecule has 0 amide bonds. The standard InChI is InChI=1S/C13H19N3O6S/c1-13(17)5-4-9(22-8-13)7-15-11-3-2-10(23(14,20)21)6-12(11)16(18)19/h2-3,6,9,15,17H,4-5,7-8H2,1H3,(H2,14,20,21)/t9-,13+/m1/s1. The van der Waals surface area contributed by atoms with Gasteiger partial charge in [-0.15, -0.1) is 0 Å². The monoisotopic (exact) mass is 345 g/mol. The number of ether oxygens (including phenoxy) is 1. The van der Waals surface area contributed by atoms with E-state index in [-0.39, 0.29) is 29.0 Å². The number of hydrogen-bond donors (Lipinski definition) is 3. The zero-order valence-electron chi connectivity index (χ0n) is 12.6. The molecule has 0 aromatic heterocycles. The molecule has 1 fully saturated rings. The van der Waals surface area contributed by atoms with Crippen LogP contribution in [0.2, 0.25) is 0 Å². The van der Waals surface area contributed by atoms with E-state index in [1.165, 1.54) is 12.1 Å². The Morgan fingerprint density at radius 2 is 2.26 bits per heavy atom. The molecule has 9 nitrogen and oxygen atoms in total. The van der Waals surface area contributed by atoms with Crippen molar-refractivity contribution in [2.75, 3.05) is 18.5 Å². The van der Waals surface area contributed by atoms with Crippen molar-refractivity contribution in [1.82, 2.24) is 0 Å². The summed E-state index contributed by atoms with van der Waals surface area (Å²) in [4.78, 5) is 10.1. The molecule has 0 bridgehead atoms. The van der Waals surface area contributed by atoms with E-state index in [0.29, 0.717) is 19.4 Å². The number of nitrogens with two attached hydrogens (primary N) is 1. The predicted octanol–water partition coefficient (Wildman–Crippen LogP) is 0.584. The first-order valence-corrected chi connectivity index (χ1v) is 8.52. The molecule has 0 aliphatic carbocycles. The maximum atomic E-state index is 11.3. The van der Waals surface area contributed by atoms with Crippen molar-refractivity contribution in [3.8, 4) is 0 Å². The van der Waals surface area contributed by atoms with Crippen LogP contribution in [0.15, 0.2) is 23.1 Å². The summed E-state index contributed by atoms with van der Waals surface area (Å²) >= 11 is 0. The van der Waals surface area contributed by atoms with Crippen LogP contribution in [-0.2, 0) is 14.8 Å². The van der Waals surface area contributed by atoms with Gasteiger partial charge in [-0.2, -0.15) is 0 Å². The van der Waals surface area contributed by atoms with E-state index in [1.807, 2.05) is 0 Å². The fraction of sp³-hybridized carbons (Fsp3) is 0.538. The molecule has 0 radical (unpaired) electrons. The molecule has 1 aliphatic heterocycles. The van der Waals surface area contributed by atoms with Gasteiger partial charge in [-0.3, -0.25) is 10.1 Å². The Morgan fingerprint density at radius 3 is 2.78 bits per heavy atom. The summed E-state index contributed by atoms with van der Waals surface area (Å²) in [5.74, 6) is 0. The molecular weight excluding hydrogens is 326 g/mol. The van der Waals surface area contributed by atoms with Crippen LogP contribution in [-0.4, -0.2) is 43.3 Å². The van der Waals surface area contributed by atoms with E-state index < -0.39 is 20.5 Å². The number of primary sulfonamides is 1. The van der Waals surface area contributed by atoms with Gasteiger partial charge >= 0.3 is 0 Å². The summed E-state index contributed by atoms with van der Waals surface area (Å²) < 4.78 is 28.0. The van der Waals surface area contributed by atoms with Gasteiger partial charge in [0.1, 0.15) is 5.69 Å². The highest BCUT2D eigenvalue weighted by molar-refractivity contribution is 7.89. The second-order valence-corrected chi connectivity index (χ2v) is 7.39. The Bertz CT molecular complexity index is 694. The summed E-state index contributed by atoms with van der Waals surface area (Å²) in [6.45, 7) is 2.20. The minimum Gasteiger partial charge on any atom is -0.388 e. The van der Waals surface area contributed by atoms with Gasteiger partial charge in [0.15, 0.2) is 0 Å². The van der Waals surface area contributed by atoms with Gasteiger partial charge in [0.25, 0.3) is 5.69 Å². The molecule has 4 N–H and O–H groups in total. The SMILES string of the molecule is C[C@]1(O)CC[C@H](CNc2ccc(S(N)(=O)=O)cc2[N+](=O)[O-])OC1. The zero-order chi connectivity index (χ0) is 17.3. The largest absolute Gasteiger partial charge is 0.388 e. The molecule has 0 unspecified atom stereocenters. The molecule has 0 spiro atoms. The summed E-state index contributed by atoms with van der Waals surface area (Å²) in [5, 5.41) is 28.8. The van der Waals surface area contributed by atoms with Crippen LogP contribution < -0.4 is 10.5 Å². The van der Waals surface area contributed by atoms with Gasteiger partial charge in [-0.1, -0.05) is 0 Å². The van der Waals surface area contributed by atoms with Crippen LogP contribution in [0.1, 0.15) is 19.8 Å². The Morgan fingerprint density at radius 1 is 1.57 bits per heavy atom. The minimum atomic E-state index is -4.01. The third-order valence-corrected chi connectivity index (χ3v) is 4.56. The highest BCUT2D eigenvalue weighted by Crippen LogP contribution is 2.28.